The molecule has 8 heteroatoms. The summed E-state index contributed by atoms with van der Waals surface area (Å²) in [4.78, 5) is 24.5. The molecule has 1 fully saturated rings. The van der Waals surface area contributed by atoms with Gasteiger partial charge in [-0.1, -0.05) is 36.4 Å². The zero-order valence-electron chi connectivity index (χ0n) is 15.8. The highest BCUT2D eigenvalue weighted by Gasteiger charge is 2.46. The smallest absolute Gasteiger partial charge is 0.340 e. The molecule has 0 saturated heterocycles. The summed E-state index contributed by atoms with van der Waals surface area (Å²) in [5, 5.41) is 2.38. The molecule has 156 valence electrons. The van der Waals surface area contributed by atoms with Gasteiger partial charge in [-0.2, -0.15) is 13.2 Å². The maximum atomic E-state index is 13.6. The molecule has 3 nitrogen and oxygen atoms in total. The molecule has 29 heavy (non-hydrogen) atoms. The highest BCUT2D eigenvalue weighted by molar-refractivity contribution is 6.06. The van der Waals surface area contributed by atoms with E-state index < -0.39 is 40.7 Å². The molecule has 1 aliphatic rings. The summed E-state index contributed by atoms with van der Waals surface area (Å²) in [6, 6.07) is 11.5. The van der Waals surface area contributed by atoms with Crippen LogP contribution >= 0.6 is 0 Å². The topological polar surface area (TPSA) is 46.2 Å². The van der Waals surface area contributed by atoms with Crippen molar-refractivity contribution in [1.29, 1.82) is 0 Å². The number of ketones is 1. The fourth-order valence-corrected chi connectivity index (χ4v) is 2.48. The summed E-state index contributed by atoms with van der Waals surface area (Å²) in [5.41, 5.74) is -1.59. The van der Waals surface area contributed by atoms with Gasteiger partial charge in [0.15, 0.2) is 5.78 Å². The standard InChI is InChI=1S/C17H15F2NO2.C4H5F3/c1-17(2,15(21)11-7-4-3-5-8-11)20-16(22)14-12(18)9-6-10-13(14)19;5-4(6,7)3-1-2-3/h3-10H,1-2H3,(H,20,22);3H,1-2H2. The van der Waals surface area contributed by atoms with Gasteiger partial charge in [-0.05, 0) is 38.8 Å². The molecule has 1 saturated carbocycles. The second-order valence-electron chi connectivity index (χ2n) is 7.19. The molecule has 1 N–H and O–H groups in total. The highest BCUT2D eigenvalue weighted by Crippen LogP contribution is 2.43. The van der Waals surface area contributed by atoms with Crippen LogP contribution in [-0.2, 0) is 0 Å². The van der Waals surface area contributed by atoms with Crippen LogP contribution in [0.1, 0.15) is 47.4 Å². The van der Waals surface area contributed by atoms with Gasteiger partial charge in [0.2, 0.25) is 0 Å². The molecule has 3 rings (SSSR count). The molecule has 0 aliphatic heterocycles. The Morgan fingerprint density at radius 2 is 1.41 bits per heavy atom. The maximum Gasteiger partial charge on any atom is 0.391 e. The van der Waals surface area contributed by atoms with Crippen LogP contribution in [0.4, 0.5) is 22.0 Å². The number of Topliss-reactive ketones (excluding diaryl/α,β-unsaturated/α-hetero) is 1. The number of hydrogen-bond acceptors (Lipinski definition) is 2. The summed E-state index contributed by atoms with van der Waals surface area (Å²) >= 11 is 0. The zero-order chi connectivity index (χ0) is 21.8. The van der Waals surface area contributed by atoms with E-state index in [4.69, 9.17) is 0 Å². The second kappa shape index (κ2) is 8.71. The minimum Gasteiger partial charge on any atom is -0.340 e. The van der Waals surface area contributed by atoms with E-state index >= 15 is 0 Å². The van der Waals surface area contributed by atoms with E-state index in [2.05, 4.69) is 5.32 Å². The van der Waals surface area contributed by atoms with E-state index in [0.717, 1.165) is 12.1 Å². The largest absolute Gasteiger partial charge is 0.391 e. The number of nitrogens with one attached hydrogen (secondary N) is 1. The quantitative estimate of drug-likeness (QED) is 0.545. The Hall–Kier alpha value is -2.77. The lowest BCUT2D eigenvalue weighted by Gasteiger charge is -2.25. The monoisotopic (exact) mass is 413 g/mol. The van der Waals surface area contributed by atoms with Crippen molar-refractivity contribution in [1.82, 2.24) is 5.32 Å². The number of alkyl halides is 3. The van der Waals surface area contributed by atoms with Gasteiger partial charge in [-0.3, -0.25) is 9.59 Å². The van der Waals surface area contributed by atoms with Gasteiger partial charge in [0.05, 0.1) is 11.5 Å². The number of halogens is 5. The summed E-state index contributed by atoms with van der Waals surface area (Å²) in [6.07, 6.45) is -3.19. The van der Waals surface area contributed by atoms with Crippen LogP contribution in [0.2, 0.25) is 0 Å². The number of rotatable bonds is 4. The van der Waals surface area contributed by atoms with Gasteiger partial charge in [-0.25, -0.2) is 8.78 Å². The highest BCUT2D eigenvalue weighted by atomic mass is 19.4. The molecule has 0 spiro atoms. The zero-order valence-corrected chi connectivity index (χ0v) is 15.8. The molecule has 1 aliphatic carbocycles. The minimum atomic E-state index is -3.89. The SMILES string of the molecule is CC(C)(NC(=O)c1c(F)cccc1F)C(=O)c1ccccc1.FC(F)(F)C1CC1. The Balaban J connectivity index is 0.000000360. The van der Waals surface area contributed by atoms with Crippen molar-refractivity contribution in [2.45, 2.75) is 38.4 Å². The average Bonchev–Trinajstić information content (AvgIpc) is 3.47. The third kappa shape index (κ3) is 6.10. The predicted molar refractivity (Wildman–Crippen MR) is 97.5 cm³/mol. The van der Waals surface area contributed by atoms with E-state index in [0.29, 0.717) is 18.4 Å². The minimum absolute atomic E-state index is 0.349. The first kappa shape index (κ1) is 22.5. The van der Waals surface area contributed by atoms with Crippen molar-refractivity contribution < 1.29 is 31.5 Å². The Morgan fingerprint density at radius 3 is 1.83 bits per heavy atom. The second-order valence-corrected chi connectivity index (χ2v) is 7.19. The Morgan fingerprint density at radius 1 is 0.897 bits per heavy atom. The number of hydrogen-bond donors (Lipinski definition) is 1. The lowest BCUT2D eigenvalue weighted by atomic mass is 9.92. The summed E-state index contributed by atoms with van der Waals surface area (Å²) in [5.74, 6) is -4.21. The van der Waals surface area contributed by atoms with Crippen LogP contribution in [0.15, 0.2) is 48.5 Å². The molecule has 0 unspecified atom stereocenters. The van der Waals surface area contributed by atoms with Gasteiger partial charge in [-0.15, -0.1) is 0 Å². The van der Waals surface area contributed by atoms with Crippen LogP contribution in [0.5, 0.6) is 0 Å². The average molecular weight is 413 g/mol. The summed E-state index contributed by atoms with van der Waals surface area (Å²) in [7, 11) is 0. The number of carbonyl (C=O) groups is 2. The van der Waals surface area contributed by atoms with E-state index in [1.807, 2.05) is 0 Å². The first-order valence-corrected chi connectivity index (χ1v) is 8.86. The van der Waals surface area contributed by atoms with E-state index in [1.54, 1.807) is 30.3 Å². The first-order valence-electron chi connectivity index (χ1n) is 8.86. The molecular formula is C21H20F5NO2. The number of carbonyl (C=O) groups excluding carboxylic acids is 2. The Bertz CT molecular complexity index is 854. The van der Waals surface area contributed by atoms with Crippen molar-refractivity contribution >= 4 is 11.7 Å². The molecule has 0 atom stereocenters. The van der Waals surface area contributed by atoms with Crippen molar-refractivity contribution in [3.63, 3.8) is 0 Å². The van der Waals surface area contributed by atoms with Gasteiger partial charge < -0.3 is 5.32 Å². The van der Waals surface area contributed by atoms with Crippen molar-refractivity contribution in [2.75, 3.05) is 0 Å². The summed E-state index contributed by atoms with van der Waals surface area (Å²) < 4.78 is 61.0. The lowest BCUT2D eigenvalue weighted by Crippen LogP contribution is -2.50. The van der Waals surface area contributed by atoms with Gasteiger partial charge in [0.1, 0.15) is 17.2 Å². The van der Waals surface area contributed by atoms with Gasteiger partial charge in [0.25, 0.3) is 5.91 Å². The first-order chi connectivity index (χ1) is 13.4. The molecule has 0 radical (unpaired) electrons. The van der Waals surface area contributed by atoms with Crippen LogP contribution in [0.25, 0.3) is 0 Å². The fraction of sp³-hybridized carbons (Fsp3) is 0.333. The van der Waals surface area contributed by atoms with E-state index in [-0.39, 0.29) is 5.78 Å². The molecule has 2 aromatic rings. The van der Waals surface area contributed by atoms with E-state index in [1.165, 1.54) is 19.9 Å². The Kier molecular flexibility index (Phi) is 6.77. The third-order valence-corrected chi connectivity index (χ3v) is 4.26. The van der Waals surface area contributed by atoms with Crippen molar-refractivity contribution in [3.8, 4) is 0 Å². The number of amides is 1. The van der Waals surface area contributed by atoms with Crippen LogP contribution in [-0.4, -0.2) is 23.4 Å². The number of benzene rings is 2. The Labute approximate surface area is 164 Å². The van der Waals surface area contributed by atoms with E-state index in [9.17, 15) is 31.5 Å². The molecule has 2 aromatic carbocycles. The maximum absolute atomic E-state index is 13.6. The van der Waals surface area contributed by atoms with Crippen molar-refractivity contribution in [3.05, 3.63) is 71.3 Å². The fourth-order valence-electron chi connectivity index (χ4n) is 2.48. The lowest BCUT2D eigenvalue weighted by molar-refractivity contribution is -0.147. The van der Waals surface area contributed by atoms with Crippen LogP contribution in [0, 0.1) is 17.6 Å². The molecule has 0 heterocycles. The normalized spacial score (nSPS) is 13.9. The molecule has 0 aromatic heterocycles. The molecule has 1 amide bonds. The molecular weight excluding hydrogens is 393 g/mol. The molecule has 0 bridgehead atoms. The predicted octanol–water partition coefficient (Wildman–Crippen LogP) is 5.31. The summed E-state index contributed by atoms with van der Waals surface area (Å²) in [6.45, 7) is 2.97. The van der Waals surface area contributed by atoms with Crippen LogP contribution < -0.4 is 5.32 Å². The third-order valence-electron chi connectivity index (χ3n) is 4.26. The van der Waals surface area contributed by atoms with Gasteiger partial charge in [0, 0.05) is 5.56 Å². The van der Waals surface area contributed by atoms with Crippen molar-refractivity contribution in [2.24, 2.45) is 5.92 Å². The van der Waals surface area contributed by atoms with Gasteiger partial charge >= 0.3 is 6.18 Å². The van der Waals surface area contributed by atoms with Crippen LogP contribution in [0.3, 0.4) is 0 Å².